The van der Waals surface area contributed by atoms with Crippen LogP contribution in [0.25, 0.3) is 0 Å². The Morgan fingerprint density at radius 2 is 1.52 bits per heavy atom. The van der Waals surface area contributed by atoms with E-state index in [1.165, 1.54) is 5.56 Å². The van der Waals surface area contributed by atoms with Gasteiger partial charge in [-0.1, -0.05) is 68.8 Å². The van der Waals surface area contributed by atoms with Crippen molar-refractivity contribution in [2.24, 2.45) is 0 Å². The van der Waals surface area contributed by atoms with Crippen molar-refractivity contribution >= 4 is 23.4 Å². The van der Waals surface area contributed by atoms with Crippen molar-refractivity contribution in [1.82, 2.24) is 10.2 Å². The zero-order valence-corrected chi connectivity index (χ0v) is 20.1. The molecular formula is C26H35ClN2O2. The van der Waals surface area contributed by atoms with E-state index < -0.39 is 6.04 Å². The number of nitrogens with zero attached hydrogens (tertiary/aromatic N) is 1. The van der Waals surface area contributed by atoms with Gasteiger partial charge in [-0.25, -0.2) is 0 Å². The molecule has 168 valence electrons. The van der Waals surface area contributed by atoms with E-state index >= 15 is 0 Å². The molecule has 0 aliphatic carbocycles. The molecule has 2 amide bonds. The molecule has 2 rings (SSSR count). The monoisotopic (exact) mass is 442 g/mol. The minimum atomic E-state index is -0.555. The molecule has 0 heterocycles. The predicted molar refractivity (Wildman–Crippen MR) is 128 cm³/mol. The van der Waals surface area contributed by atoms with E-state index in [9.17, 15) is 9.59 Å². The number of hydrogen-bond acceptors (Lipinski definition) is 2. The number of halogens is 1. The van der Waals surface area contributed by atoms with Gasteiger partial charge in [0.2, 0.25) is 11.8 Å². The summed E-state index contributed by atoms with van der Waals surface area (Å²) in [6.07, 6.45) is 1.85. The number of nitrogens with one attached hydrogen (secondary N) is 1. The second-order valence-corrected chi connectivity index (χ2v) is 8.97. The number of amides is 2. The summed E-state index contributed by atoms with van der Waals surface area (Å²) in [5.74, 6) is 0.322. The first kappa shape index (κ1) is 24.9. The molecule has 0 spiro atoms. The summed E-state index contributed by atoms with van der Waals surface area (Å²) < 4.78 is 0. The van der Waals surface area contributed by atoms with E-state index in [1.807, 2.05) is 26.0 Å². The Kier molecular flexibility index (Phi) is 9.57. The van der Waals surface area contributed by atoms with Gasteiger partial charge in [-0.05, 0) is 61.4 Å². The van der Waals surface area contributed by atoms with Gasteiger partial charge in [0.1, 0.15) is 6.04 Å². The maximum atomic E-state index is 13.2. The molecule has 0 aliphatic heterocycles. The molecule has 5 heteroatoms. The highest BCUT2D eigenvalue weighted by Gasteiger charge is 2.26. The molecule has 0 aromatic heterocycles. The highest BCUT2D eigenvalue weighted by molar-refractivity contribution is 6.30. The van der Waals surface area contributed by atoms with Crippen LogP contribution in [0.3, 0.4) is 0 Å². The van der Waals surface area contributed by atoms with Crippen molar-refractivity contribution < 1.29 is 9.59 Å². The third-order valence-corrected chi connectivity index (χ3v) is 5.96. The van der Waals surface area contributed by atoms with Crippen LogP contribution in [0.1, 0.15) is 70.1 Å². The predicted octanol–water partition coefficient (Wildman–Crippen LogP) is 5.73. The Labute approximate surface area is 192 Å². The van der Waals surface area contributed by atoms with Crippen LogP contribution < -0.4 is 5.32 Å². The van der Waals surface area contributed by atoms with Crippen LogP contribution in [0.2, 0.25) is 5.02 Å². The van der Waals surface area contributed by atoms with Crippen molar-refractivity contribution in [3.63, 3.8) is 0 Å². The van der Waals surface area contributed by atoms with Gasteiger partial charge in [-0.3, -0.25) is 9.59 Å². The smallest absolute Gasteiger partial charge is 0.242 e. The molecule has 0 fully saturated rings. The van der Waals surface area contributed by atoms with Gasteiger partial charge in [0.05, 0.1) is 0 Å². The fourth-order valence-corrected chi connectivity index (χ4v) is 3.42. The van der Waals surface area contributed by atoms with Crippen LogP contribution in [0.15, 0.2) is 48.5 Å². The summed E-state index contributed by atoms with van der Waals surface area (Å²) in [6.45, 7) is 10.5. The maximum Gasteiger partial charge on any atom is 0.242 e. The first-order valence-electron chi connectivity index (χ1n) is 11.1. The molecule has 1 N–H and O–H groups in total. The number of carbonyl (C=O) groups excluding carboxylic acids is 2. The van der Waals surface area contributed by atoms with Gasteiger partial charge in [0.25, 0.3) is 0 Å². The summed E-state index contributed by atoms with van der Waals surface area (Å²) in [4.78, 5) is 27.6. The van der Waals surface area contributed by atoms with Crippen LogP contribution in [-0.2, 0) is 22.6 Å². The Bertz CT molecular complexity index is 847. The van der Waals surface area contributed by atoms with Crippen LogP contribution in [0.5, 0.6) is 0 Å². The zero-order chi connectivity index (χ0) is 23.0. The van der Waals surface area contributed by atoms with Crippen LogP contribution >= 0.6 is 11.6 Å². The molecule has 0 bridgehead atoms. The lowest BCUT2D eigenvalue weighted by molar-refractivity contribution is -0.140. The summed E-state index contributed by atoms with van der Waals surface area (Å²) in [5.41, 5.74) is 3.36. The average molecular weight is 443 g/mol. The second-order valence-electron chi connectivity index (χ2n) is 8.54. The zero-order valence-electron chi connectivity index (χ0n) is 19.3. The van der Waals surface area contributed by atoms with Crippen LogP contribution in [0.4, 0.5) is 0 Å². The number of aryl methyl sites for hydroxylation is 1. The number of benzene rings is 2. The van der Waals surface area contributed by atoms with Crippen molar-refractivity contribution in [3.8, 4) is 0 Å². The van der Waals surface area contributed by atoms with Crippen molar-refractivity contribution in [3.05, 3.63) is 70.2 Å². The van der Waals surface area contributed by atoms with Crippen molar-refractivity contribution in [2.75, 3.05) is 0 Å². The number of hydrogen-bond donors (Lipinski definition) is 1. The first-order valence-corrected chi connectivity index (χ1v) is 11.5. The SMILES string of the molecule is CC[C@H](C)NC(=O)[C@@H](C)N(Cc1ccc(Cl)cc1)C(=O)CCc1ccc(C(C)C)cc1. The lowest BCUT2D eigenvalue weighted by atomic mass is 10.00. The van der Waals surface area contributed by atoms with E-state index in [2.05, 4.69) is 43.4 Å². The molecule has 31 heavy (non-hydrogen) atoms. The van der Waals surface area contributed by atoms with Gasteiger partial charge in [-0.15, -0.1) is 0 Å². The molecule has 0 unspecified atom stereocenters. The average Bonchev–Trinajstić information content (AvgIpc) is 2.76. The van der Waals surface area contributed by atoms with Gasteiger partial charge in [-0.2, -0.15) is 0 Å². The second kappa shape index (κ2) is 11.9. The number of rotatable bonds is 10. The lowest BCUT2D eigenvalue weighted by Crippen LogP contribution is -2.49. The summed E-state index contributed by atoms with van der Waals surface area (Å²) in [7, 11) is 0. The molecule has 0 saturated carbocycles. The lowest BCUT2D eigenvalue weighted by Gasteiger charge is -2.30. The van der Waals surface area contributed by atoms with E-state index in [4.69, 9.17) is 11.6 Å². The minimum Gasteiger partial charge on any atom is -0.352 e. The molecule has 0 saturated heterocycles. The van der Waals surface area contributed by atoms with Crippen molar-refractivity contribution in [2.45, 2.75) is 78.4 Å². The molecule has 0 aliphatic rings. The van der Waals surface area contributed by atoms with E-state index in [1.54, 1.807) is 24.0 Å². The standard InChI is InChI=1S/C26H35ClN2O2/c1-6-19(4)28-26(31)20(5)29(17-22-9-14-24(27)15-10-22)25(30)16-11-21-7-12-23(13-8-21)18(2)3/h7-10,12-15,18-20H,6,11,16-17H2,1-5H3,(H,28,31)/t19-,20+/m0/s1. The minimum absolute atomic E-state index is 0.0327. The van der Waals surface area contributed by atoms with Gasteiger partial charge in [0.15, 0.2) is 0 Å². The first-order chi connectivity index (χ1) is 14.7. The third kappa shape index (κ3) is 7.70. The van der Waals surface area contributed by atoms with Gasteiger partial charge in [0, 0.05) is 24.0 Å². The highest BCUT2D eigenvalue weighted by Crippen LogP contribution is 2.18. The molecule has 2 aromatic rings. The Morgan fingerprint density at radius 3 is 2.06 bits per heavy atom. The van der Waals surface area contributed by atoms with Gasteiger partial charge < -0.3 is 10.2 Å². The highest BCUT2D eigenvalue weighted by atomic mass is 35.5. The maximum absolute atomic E-state index is 13.2. The Balaban J connectivity index is 2.12. The summed E-state index contributed by atoms with van der Waals surface area (Å²) in [6, 6.07) is 15.3. The Morgan fingerprint density at radius 1 is 0.935 bits per heavy atom. The largest absolute Gasteiger partial charge is 0.352 e. The van der Waals surface area contributed by atoms with E-state index in [-0.39, 0.29) is 17.9 Å². The summed E-state index contributed by atoms with van der Waals surface area (Å²) in [5, 5.41) is 3.64. The third-order valence-electron chi connectivity index (χ3n) is 5.71. The number of carbonyl (C=O) groups is 2. The molecular weight excluding hydrogens is 408 g/mol. The van der Waals surface area contributed by atoms with Crippen molar-refractivity contribution in [1.29, 1.82) is 0 Å². The quantitative estimate of drug-likeness (QED) is 0.510. The molecule has 2 atom stereocenters. The molecule has 0 radical (unpaired) electrons. The van der Waals surface area contributed by atoms with Gasteiger partial charge >= 0.3 is 0 Å². The van der Waals surface area contributed by atoms with Crippen LogP contribution in [-0.4, -0.2) is 28.8 Å². The fourth-order valence-electron chi connectivity index (χ4n) is 3.30. The topological polar surface area (TPSA) is 49.4 Å². The normalized spacial score (nSPS) is 13.0. The fraction of sp³-hybridized carbons (Fsp3) is 0.462. The van der Waals surface area contributed by atoms with Crippen LogP contribution in [0, 0.1) is 0 Å². The Hall–Kier alpha value is -2.33. The van der Waals surface area contributed by atoms with E-state index in [0.29, 0.717) is 30.3 Å². The molecule has 2 aromatic carbocycles. The van der Waals surface area contributed by atoms with E-state index in [0.717, 1.165) is 17.5 Å². The molecule has 4 nitrogen and oxygen atoms in total. The summed E-state index contributed by atoms with van der Waals surface area (Å²) >= 11 is 6.00.